The van der Waals surface area contributed by atoms with Gasteiger partial charge in [-0.3, -0.25) is 4.79 Å². The number of sulfonamides is 1. The maximum atomic E-state index is 12.9. The standard InChI is InChI=1S/C15H20ClNO5S/c1-10-14(15(18)19)4-3-5-17(10)23(20,21)13-7-11(9-22-2)6-12(16)8-13/h6-8,10,14H,3-5,9H2,1-2H3,(H,18,19)/t10-,14-/m0/s1. The molecule has 1 fully saturated rings. The molecule has 1 aliphatic heterocycles. The van der Waals surface area contributed by atoms with Crippen LogP contribution in [0.3, 0.4) is 0 Å². The second-order valence-electron chi connectivity index (χ2n) is 5.67. The van der Waals surface area contributed by atoms with Crippen molar-refractivity contribution in [3.05, 3.63) is 28.8 Å². The fraction of sp³-hybridized carbons (Fsp3) is 0.533. The highest BCUT2D eigenvalue weighted by Crippen LogP contribution is 2.30. The van der Waals surface area contributed by atoms with Crippen LogP contribution in [-0.4, -0.2) is 43.5 Å². The molecule has 8 heteroatoms. The molecule has 0 amide bonds. The minimum atomic E-state index is -3.81. The van der Waals surface area contributed by atoms with Crippen molar-refractivity contribution in [3.63, 3.8) is 0 Å². The molecular formula is C15H20ClNO5S. The summed E-state index contributed by atoms with van der Waals surface area (Å²) in [6.45, 7) is 2.19. The smallest absolute Gasteiger partial charge is 0.308 e. The molecule has 1 N–H and O–H groups in total. The summed E-state index contributed by atoms with van der Waals surface area (Å²) in [7, 11) is -2.30. The SMILES string of the molecule is COCc1cc(Cl)cc(S(=O)(=O)N2CCC[C@H](C(=O)O)[C@@H]2C)c1. The summed E-state index contributed by atoms with van der Waals surface area (Å²) < 4.78 is 32.1. The Labute approximate surface area is 141 Å². The minimum Gasteiger partial charge on any atom is -0.481 e. The molecule has 1 aromatic rings. The molecule has 1 heterocycles. The molecule has 0 aromatic heterocycles. The largest absolute Gasteiger partial charge is 0.481 e. The van der Waals surface area contributed by atoms with E-state index >= 15 is 0 Å². The molecule has 0 spiro atoms. The zero-order valence-corrected chi connectivity index (χ0v) is 14.6. The normalized spacial score (nSPS) is 22.9. The summed E-state index contributed by atoms with van der Waals surface area (Å²) in [5.74, 6) is -1.67. The Hall–Kier alpha value is -1.15. The van der Waals surface area contributed by atoms with E-state index in [9.17, 15) is 18.3 Å². The maximum Gasteiger partial charge on any atom is 0.308 e. The number of carboxylic acids is 1. The van der Waals surface area contributed by atoms with Crippen LogP contribution in [0.2, 0.25) is 5.02 Å². The Morgan fingerprint density at radius 3 is 2.74 bits per heavy atom. The van der Waals surface area contributed by atoms with E-state index in [1.54, 1.807) is 13.0 Å². The van der Waals surface area contributed by atoms with Crippen LogP contribution in [0.4, 0.5) is 0 Å². The lowest BCUT2D eigenvalue weighted by molar-refractivity contribution is -0.144. The molecule has 0 radical (unpaired) electrons. The summed E-state index contributed by atoms with van der Waals surface area (Å²) in [6.07, 6.45) is 0.999. The van der Waals surface area contributed by atoms with Crippen LogP contribution in [-0.2, 0) is 26.2 Å². The molecule has 1 saturated heterocycles. The van der Waals surface area contributed by atoms with Gasteiger partial charge in [0, 0.05) is 24.7 Å². The quantitative estimate of drug-likeness (QED) is 0.870. The number of hydrogen-bond donors (Lipinski definition) is 1. The van der Waals surface area contributed by atoms with Crippen LogP contribution in [0.5, 0.6) is 0 Å². The van der Waals surface area contributed by atoms with Crippen molar-refractivity contribution in [2.75, 3.05) is 13.7 Å². The van der Waals surface area contributed by atoms with Gasteiger partial charge in [0.05, 0.1) is 17.4 Å². The van der Waals surface area contributed by atoms with Crippen molar-refractivity contribution in [1.82, 2.24) is 4.31 Å². The number of aliphatic carboxylic acids is 1. The van der Waals surface area contributed by atoms with Gasteiger partial charge in [-0.15, -0.1) is 0 Å². The van der Waals surface area contributed by atoms with E-state index in [1.165, 1.54) is 23.5 Å². The highest BCUT2D eigenvalue weighted by Gasteiger charge is 2.39. The van der Waals surface area contributed by atoms with E-state index in [4.69, 9.17) is 16.3 Å². The van der Waals surface area contributed by atoms with Gasteiger partial charge in [0.1, 0.15) is 0 Å². The first-order valence-electron chi connectivity index (χ1n) is 7.30. The van der Waals surface area contributed by atoms with E-state index in [1.807, 2.05) is 0 Å². The molecule has 2 rings (SSSR count). The molecule has 0 bridgehead atoms. The third-order valence-corrected chi connectivity index (χ3v) is 6.28. The number of piperidine rings is 1. The van der Waals surface area contributed by atoms with Crippen LogP contribution in [0.15, 0.2) is 23.1 Å². The predicted octanol–water partition coefficient (Wildman–Crippen LogP) is 2.36. The van der Waals surface area contributed by atoms with Crippen LogP contribution < -0.4 is 0 Å². The highest BCUT2D eigenvalue weighted by molar-refractivity contribution is 7.89. The lowest BCUT2D eigenvalue weighted by atomic mass is 9.92. The Bertz CT molecular complexity index is 691. The molecule has 0 aliphatic carbocycles. The summed E-state index contributed by atoms with van der Waals surface area (Å²) >= 11 is 6.01. The summed E-state index contributed by atoms with van der Waals surface area (Å²) in [6, 6.07) is 3.94. The van der Waals surface area contributed by atoms with Gasteiger partial charge < -0.3 is 9.84 Å². The Morgan fingerprint density at radius 2 is 2.13 bits per heavy atom. The van der Waals surface area contributed by atoms with Gasteiger partial charge in [-0.2, -0.15) is 4.31 Å². The molecule has 23 heavy (non-hydrogen) atoms. The fourth-order valence-corrected chi connectivity index (χ4v) is 5.06. The number of nitrogens with zero attached hydrogens (tertiary/aromatic N) is 1. The molecule has 1 aliphatic rings. The number of rotatable bonds is 5. The lowest BCUT2D eigenvalue weighted by Gasteiger charge is -2.36. The average Bonchev–Trinajstić information content (AvgIpc) is 2.46. The Morgan fingerprint density at radius 1 is 1.43 bits per heavy atom. The third kappa shape index (κ3) is 3.85. The number of carbonyl (C=O) groups is 1. The van der Waals surface area contributed by atoms with Gasteiger partial charge >= 0.3 is 5.97 Å². The first kappa shape index (κ1) is 18.2. The van der Waals surface area contributed by atoms with Gasteiger partial charge in [-0.05, 0) is 43.5 Å². The lowest BCUT2D eigenvalue weighted by Crippen LogP contribution is -2.49. The second kappa shape index (κ2) is 7.17. The van der Waals surface area contributed by atoms with Crippen LogP contribution >= 0.6 is 11.6 Å². The van der Waals surface area contributed by atoms with E-state index in [0.29, 0.717) is 30.0 Å². The van der Waals surface area contributed by atoms with Gasteiger partial charge in [0.2, 0.25) is 10.0 Å². The monoisotopic (exact) mass is 361 g/mol. The molecule has 2 atom stereocenters. The topological polar surface area (TPSA) is 83.9 Å². The van der Waals surface area contributed by atoms with Gasteiger partial charge in [0.15, 0.2) is 0 Å². The zero-order chi connectivity index (χ0) is 17.2. The third-order valence-electron chi connectivity index (χ3n) is 4.10. The van der Waals surface area contributed by atoms with Crippen LogP contribution in [0, 0.1) is 5.92 Å². The Kier molecular flexibility index (Phi) is 5.67. The van der Waals surface area contributed by atoms with Crippen molar-refractivity contribution >= 4 is 27.6 Å². The van der Waals surface area contributed by atoms with E-state index < -0.39 is 28.0 Å². The van der Waals surface area contributed by atoms with Gasteiger partial charge in [-0.1, -0.05) is 11.6 Å². The van der Waals surface area contributed by atoms with E-state index in [-0.39, 0.29) is 11.5 Å². The number of halogens is 1. The average molecular weight is 362 g/mol. The van der Waals surface area contributed by atoms with Crippen molar-refractivity contribution < 1.29 is 23.1 Å². The number of ether oxygens (including phenoxy) is 1. The summed E-state index contributed by atoms with van der Waals surface area (Å²) in [5, 5.41) is 9.57. The van der Waals surface area contributed by atoms with Gasteiger partial charge in [-0.25, -0.2) is 8.42 Å². The summed E-state index contributed by atoms with van der Waals surface area (Å²) in [4.78, 5) is 11.4. The molecule has 0 saturated carbocycles. The number of hydrogen-bond acceptors (Lipinski definition) is 4. The summed E-state index contributed by atoms with van der Waals surface area (Å²) in [5.41, 5.74) is 0.651. The fourth-order valence-electron chi connectivity index (χ4n) is 2.94. The van der Waals surface area contributed by atoms with Crippen LogP contribution in [0.25, 0.3) is 0 Å². The zero-order valence-electron chi connectivity index (χ0n) is 13.0. The van der Waals surface area contributed by atoms with Crippen molar-refractivity contribution in [2.24, 2.45) is 5.92 Å². The molecule has 0 unspecified atom stereocenters. The number of carboxylic acid groups (broad SMARTS) is 1. The Balaban J connectivity index is 2.39. The maximum absolute atomic E-state index is 12.9. The first-order chi connectivity index (χ1) is 10.8. The minimum absolute atomic E-state index is 0.0648. The molecule has 6 nitrogen and oxygen atoms in total. The second-order valence-corrected chi connectivity index (χ2v) is 8.00. The first-order valence-corrected chi connectivity index (χ1v) is 9.12. The number of benzene rings is 1. The van der Waals surface area contributed by atoms with Crippen molar-refractivity contribution in [1.29, 1.82) is 0 Å². The van der Waals surface area contributed by atoms with E-state index in [0.717, 1.165) is 0 Å². The molecule has 1 aromatic carbocycles. The molecular weight excluding hydrogens is 342 g/mol. The number of methoxy groups -OCH3 is 1. The predicted molar refractivity (Wildman–Crippen MR) is 85.9 cm³/mol. The molecule has 128 valence electrons. The van der Waals surface area contributed by atoms with E-state index in [2.05, 4.69) is 0 Å². The highest BCUT2D eigenvalue weighted by atomic mass is 35.5. The van der Waals surface area contributed by atoms with Crippen LogP contribution in [0.1, 0.15) is 25.3 Å². The van der Waals surface area contributed by atoms with Gasteiger partial charge in [0.25, 0.3) is 0 Å². The van der Waals surface area contributed by atoms with Crippen molar-refractivity contribution in [2.45, 2.75) is 37.3 Å². The van der Waals surface area contributed by atoms with Crippen molar-refractivity contribution in [3.8, 4) is 0 Å².